The number of nitro groups is 2. The Bertz CT molecular complexity index is 1120. The maximum atomic E-state index is 12.2. The molecule has 0 unspecified atom stereocenters. The van der Waals surface area contributed by atoms with E-state index in [1.54, 1.807) is 16.7 Å². The summed E-state index contributed by atoms with van der Waals surface area (Å²) in [6, 6.07) is 6.54. The lowest BCUT2D eigenvalue weighted by atomic mass is 10.3. The fourth-order valence-electron chi connectivity index (χ4n) is 2.24. The van der Waals surface area contributed by atoms with Crippen LogP contribution in [0.4, 0.5) is 11.6 Å². The molecule has 3 rings (SSSR count). The van der Waals surface area contributed by atoms with Gasteiger partial charge in [-0.2, -0.15) is 4.99 Å². The zero-order valence-electron chi connectivity index (χ0n) is 13.0. The number of nitrogens with zero attached hydrogens (tertiary/aromatic N) is 4. The van der Waals surface area contributed by atoms with Crippen molar-refractivity contribution in [2.45, 2.75) is 6.54 Å². The van der Waals surface area contributed by atoms with Gasteiger partial charge in [-0.05, 0) is 12.1 Å². The van der Waals surface area contributed by atoms with Crippen molar-refractivity contribution in [1.82, 2.24) is 4.57 Å². The van der Waals surface area contributed by atoms with Crippen molar-refractivity contribution in [1.29, 1.82) is 0 Å². The average Bonchev–Trinajstić information content (AvgIpc) is 3.21. The van der Waals surface area contributed by atoms with E-state index in [1.807, 2.05) is 0 Å². The van der Waals surface area contributed by atoms with Crippen LogP contribution >= 0.6 is 11.3 Å². The molecule has 1 aromatic carbocycles. The van der Waals surface area contributed by atoms with Gasteiger partial charge < -0.3 is 8.98 Å². The molecule has 0 saturated heterocycles. The summed E-state index contributed by atoms with van der Waals surface area (Å²) in [5.41, 5.74) is 0.439. The number of nitro benzene ring substituents is 1. The Balaban J connectivity index is 2.12. The highest BCUT2D eigenvalue weighted by molar-refractivity contribution is 7.16. The predicted octanol–water partition coefficient (Wildman–Crippen LogP) is 3.04. The van der Waals surface area contributed by atoms with Crippen LogP contribution in [0.5, 0.6) is 0 Å². The molecule has 0 N–H and O–H groups in total. The van der Waals surface area contributed by atoms with E-state index < -0.39 is 21.6 Å². The van der Waals surface area contributed by atoms with Crippen molar-refractivity contribution in [3.63, 3.8) is 0 Å². The van der Waals surface area contributed by atoms with Crippen molar-refractivity contribution >= 4 is 39.0 Å². The van der Waals surface area contributed by atoms with E-state index in [1.165, 1.54) is 18.2 Å². The fourth-order valence-corrected chi connectivity index (χ4v) is 3.26. The molecule has 0 aliphatic heterocycles. The molecule has 2 heterocycles. The number of non-ortho nitro benzene ring substituents is 1. The van der Waals surface area contributed by atoms with E-state index in [4.69, 9.17) is 4.42 Å². The number of furan rings is 1. The summed E-state index contributed by atoms with van der Waals surface area (Å²) in [6.07, 6.45) is 1.56. The summed E-state index contributed by atoms with van der Waals surface area (Å²) in [5, 5.41) is 21.6. The number of carbonyl (C=O) groups excluding carboxylic acids is 1. The average molecular weight is 374 g/mol. The van der Waals surface area contributed by atoms with Crippen molar-refractivity contribution in [3.8, 4) is 0 Å². The van der Waals surface area contributed by atoms with Crippen molar-refractivity contribution in [2.75, 3.05) is 0 Å². The summed E-state index contributed by atoms with van der Waals surface area (Å²) < 4.78 is 7.13. The van der Waals surface area contributed by atoms with Gasteiger partial charge in [-0.15, -0.1) is 6.58 Å². The lowest BCUT2D eigenvalue weighted by Crippen LogP contribution is -2.16. The Morgan fingerprint density at radius 1 is 1.27 bits per heavy atom. The number of rotatable bonds is 5. The van der Waals surface area contributed by atoms with Crippen LogP contribution in [0.15, 0.2) is 52.4 Å². The van der Waals surface area contributed by atoms with Gasteiger partial charge >= 0.3 is 11.8 Å². The predicted molar refractivity (Wildman–Crippen MR) is 91.9 cm³/mol. The summed E-state index contributed by atoms with van der Waals surface area (Å²) in [6.45, 7) is 3.90. The van der Waals surface area contributed by atoms with Crippen LogP contribution in [0.3, 0.4) is 0 Å². The molecular formula is C15H10N4O6S. The van der Waals surface area contributed by atoms with E-state index in [0.717, 1.165) is 17.4 Å². The number of benzene rings is 1. The lowest BCUT2D eigenvalue weighted by Gasteiger charge is -2.00. The molecule has 1 amide bonds. The van der Waals surface area contributed by atoms with Gasteiger partial charge in [0, 0.05) is 18.7 Å². The van der Waals surface area contributed by atoms with Crippen LogP contribution in [0.2, 0.25) is 0 Å². The molecule has 0 saturated carbocycles. The molecule has 0 aliphatic carbocycles. The second-order valence-electron chi connectivity index (χ2n) is 5.01. The lowest BCUT2D eigenvalue weighted by molar-refractivity contribution is -0.402. The quantitative estimate of drug-likeness (QED) is 0.383. The first-order valence-electron chi connectivity index (χ1n) is 7.12. The normalized spacial score (nSPS) is 11.6. The molecule has 26 heavy (non-hydrogen) atoms. The smallest absolute Gasteiger partial charge is 0.395 e. The van der Waals surface area contributed by atoms with Crippen molar-refractivity contribution in [2.24, 2.45) is 4.99 Å². The maximum Gasteiger partial charge on any atom is 0.433 e. The summed E-state index contributed by atoms with van der Waals surface area (Å²) in [4.78, 5) is 36.8. The van der Waals surface area contributed by atoms with E-state index in [-0.39, 0.29) is 22.8 Å². The minimum atomic E-state index is -0.794. The Morgan fingerprint density at radius 2 is 2.04 bits per heavy atom. The van der Waals surface area contributed by atoms with Gasteiger partial charge in [0.05, 0.1) is 21.2 Å². The number of fused-ring (bicyclic) bond motifs is 1. The van der Waals surface area contributed by atoms with Gasteiger partial charge in [-0.25, -0.2) is 0 Å². The molecule has 0 atom stereocenters. The van der Waals surface area contributed by atoms with Gasteiger partial charge in [0.25, 0.3) is 5.69 Å². The van der Waals surface area contributed by atoms with Crippen LogP contribution in [-0.4, -0.2) is 20.3 Å². The van der Waals surface area contributed by atoms with Crippen LogP contribution < -0.4 is 4.80 Å². The monoisotopic (exact) mass is 374 g/mol. The molecule has 0 spiro atoms. The molecule has 0 bridgehead atoms. The highest BCUT2D eigenvalue weighted by Crippen LogP contribution is 2.23. The highest BCUT2D eigenvalue weighted by atomic mass is 32.1. The summed E-state index contributed by atoms with van der Waals surface area (Å²) in [7, 11) is 0. The minimum Gasteiger partial charge on any atom is -0.395 e. The summed E-state index contributed by atoms with van der Waals surface area (Å²) >= 11 is 1.15. The van der Waals surface area contributed by atoms with Crippen LogP contribution in [0.25, 0.3) is 10.2 Å². The zero-order valence-corrected chi connectivity index (χ0v) is 13.8. The zero-order chi connectivity index (χ0) is 18.8. The van der Waals surface area contributed by atoms with Gasteiger partial charge in [0.15, 0.2) is 4.80 Å². The SMILES string of the molecule is C=CCn1c(=NC(=O)c2ccc([N+](=O)[O-])o2)sc2ccc([N+](=O)[O-])cc21. The van der Waals surface area contributed by atoms with Gasteiger partial charge in [-0.1, -0.05) is 17.4 Å². The molecule has 10 nitrogen and oxygen atoms in total. The van der Waals surface area contributed by atoms with Gasteiger partial charge in [0.2, 0.25) is 5.76 Å². The summed E-state index contributed by atoms with van der Waals surface area (Å²) in [5.74, 6) is -1.63. The second kappa shape index (κ2) is 6.72. The standard InChI is InChI=1S/C15H10N4O6S/c1-2-7-17-10-8-9(18(21)22)3-5-12(10)26-15(17)16-14(20)11-4-6-13(25-11)19(23)24/h2-6,8H,1,7H2. The maximum absolute atomic E-state index is 12.2. The molecule has 0 radical (unpaired) electrons. The number of carbonyl (C=O) groups is 1. The van der Waals surface area contributed by atoms with Crippen molar-refractivity contribution in [3.05, 3.63) is 73.8 Å². The van der Waals surface area contributed by atoms with Gasteiger partial charge in [-0.3, -0.25) is 25.0 Å². The minimum absolute atomic E-state index is 0.0901. The Labute approximate surface area is 148 Å². The molecule has 3 aromatic rings. The molecule has 0 fully saturated rings. The number of amides is 1. The van der Waals surface area contributed by atoms with E-state index in [0.29, 0.717) is 10.2 Å². The molecule has 0 aliphatic rings. The Kier molecular flexibility index (Phi) is 4.45. The van der Waals surface area contributed by atoms with Crippen LogP contribution in [0, 0.1) is 20.2 Å². The number of hydrogen-bond acceptors (Lipinski definition) is 7. The van der Waals surface area contributed by atoms with E-state index in [2.05, 4.69) is 11.6 Å². The molecule has 11 heteroatoms. The first-order valence-corrected chi connectivity index (χ1v) is 7.94. The highest BCUT2D eigenvalue weighted by Gasteiger charge is 2.18. The topological polar surface area (TPSA) is 134 Å². The van der Waals surface area contributed by atoms with E-state index >= 15 is 0 Å². The van der Waals surface area contributed by atoms with Gasteiger partial charge in [0.1, 0.15) is 4.92 Å². The number of thiazole rings is 1. The van der Waals surface area contributed by atoms with Crippen molar-refractivity contribution < 1.29 is 19.1 Å². The Hall–Kier alpha value is -3.60. The number of allylic oxidation sites excluding steroid dienone is 1. The largest absolute Gasteiger partial charge is 0.433 e. The first kappa shape index (κ1) is 17.2. The number of aromatic nitrogens is 1. The molecular weight excluding hydrogens is 364 g/mol. The van der Waals surface area contributed by atoms with Crippen LogP contribution in [-0.2, 0) is 6.54 Å². The third-order valence-electron chi connectivity index (χ3n) is 3.37. The first-order chi connectivity index (χ1) is 12.4. The number of hydrogen-bond donors (Lipinski definition) is 0. The Morgan fingerprint density at radius 3 is 2.65 bits per heavy atom. The molecule has 2 aromatic heterocycles. The van der Waals surface area contributed by atoms with Crippen LogP contribution in [0.1, 0.15) is 10.6 Å². The fraction of sp³-hybridized carbons (Fsp3) is 0.0667. The third kappa shape index (κ3) is 3.15. The van der Waals surface area contributed by atoms with E-state index in [9.17, 15) is 25.0 Å². The second-order valence-corrected chi connectivity index (χ2v) is 6.01. The third-order valence-corrected chi connectivity index (χ3v) is 4.43. The molecule has 132 valence electrons.